The lowest BCUT2D eigenvalue weighted by Crippen LogP contribution is -2.26. The molecule has 0 atom stereocenters. The van der Waals surface area contributed by atoms with Gasteiger partial charge in [-0.25, -0.2) is 9.31 Å². The van der Waals surface area contributed by atoms with Gasteiger partial charge in [-0.15, -0.1) is 0 Å². The van der Waals surface area contributed by atoms with Gasteiger partial charge < -0.3 is 9.64 Å². The first-order valence-electron chi connectivity index (χ1n) is 8.30. The number of amides is 1. The zero-order valence-electron chi connectivity index (χ0n) is 14.9. The molecule has 1 amide bonds. The van der Waals surface area contributed by atoms with Crippen molar-refractivity contribution >= 4 is 16.9 Å². The summed E-state index contributed by atoms with van der Waals surface area (Å²) < 4.78 is 11.7. The van der Waals surface area contributed by atoms with Crippen LogP contribution in [-0.2, 0) is 6.54 Å². The lowest BCUT2D eigenvalue weighted by Gasteiger charge is -2.16. The third kappa shape index (κ3) is 3.37. The molecule has 0 saturated heterocycles. The van der Waals surface area contributed by atoms with E-state index >= 15 is 0 Å². The monoisotopic (exact) mass is 363 g/mol. The molecule has 0 fully saturated rings. The van der Waals surface area contributed by atoms with Crippen molar-refractivity contribution < 1.29 is 14.2 Å². The molecule has 0 saturated carbocycles. The smallest absolute Gasteiger partial charge is 0.253 e. The Morgan fingerprint density at radius 3 is 2.89 bits per heavy atom. The van der Waals surface area contributed by atoms with E-state index in [0.717, 1.165) is 17.0 Å². The van der Waals surface area contributed by atoms with E-state index in [1.54, 1.807) is 48.1 Å². The van der Waals surface area contributed by atoms with Crippen LogP contribution in [0.1, 0.15) is 15.9 Å². The summed E-state index contributed by atoms with van der Waals surface area (Å²) in [4.78, 5) is 14.3. The Bertz CT molecular complexity index is 1100. The zero-order valence-corrected chi connectivity index (χ0v) is 14.9. The minimum absolute atomic E-state index is 0.117. The molecular weight excluding hydrogens is 346 g/mol. The zero-order chi connectivity index (χ0) is 18.8. The van der Waals surface area contributed by atoms with Crippen LogP contribution in [0.5, 0.6) is 5.75 Å². The summed E-state index contributed by atoms with van der Waals surface area (Å²) in [6, 6.07) is 12.7. The summed E-state index contributed by atoms with van der Waals surface area (Å²) in [5.41, 5.74) is 3.51. The number of aromatic nitrogens is 4. The molecular formula is C19H17N5O3. The molecule has 4 aromatic rings. The highest BCUT2D eigenvalue weighted by Crippen LogP contribution is 2.17. The van der Waals surface area contributed by atoms with E-state index in [0.29, 0.717) is 23.1 Å². The predicted octanol–water partition coefficient (Wildman–Crippen LogP) is 2.69. The van der Waals surface area contributed by atoms with Crippen molar-refractivity contribution in [1.82, 2.24) is 25.0 Å². The number of hydrogen-bond acceptors (Lipinski definition) is 6. The van der Waals surface area contributed by atoms with Gasteiger partial charge in [0.05, 0.1) is 19.0 Å². The highest BCUT2D eigenvalue weighted by Gasteiger charge is 2.15. The molecule has 136 valence electrons. The minimum atomic E-state index is -0.117. The van der Waals surface area contributed by atoms with E-state index < -0.39 is 0 Å². The van der Waals surface area contributed by atoms with Gasteiger partial charge in [-0.1, -0.05) is 6.07 Å². The normalized spacial score (nSPS) is 10.9. The van der Waals surface area contributed by atoms with E-state index in [2.05, 4.69) is 20.0 Å². The Labute approximate surface area is 154 Å². The first-order valence-corrected chi connectivity index (χ1v) is 8.30. The van der Waals surface area contributed by atoms with Crippen molar-refractivity contribution in [2.45, 2.75) is 6.54 Å². The molecule has 2 heterocycles. The Balaban J connectivity index is 1.50. The first-order chi connectivity index (χ1) is 13.1. The van der Waals surface area contributed by atoms with Gasteiger partial charge >= 0.3 is 0 Å². The minimum Gasteiger partial charge on any atom is -0.497 e. The van der Waals surface area contributed by atoms with Gasteiger partial charge in [-0.2, -0.15) is 5.10 Å². The second kappa shape index (κ2) is 6.91. The van der Waals surface area contributed by atoms with Crippen molar-refractivity contribution in [3.8, 4) is 11.4 Å². The van der Waals surface area contributed by atoms with Crippen LogP contribution in [0.2, 0.25) is 0 Å². The molecule has 0 radical (unpaired) electrons. The topological polar surface area (TPSA) is 86.3 Å². The predicted molar refractivity (Wildman–Crippen MR) is 97.7 cm³/mol. The number of rotatable bonds is 5. The molecule has 0 aliphatic heterocycles. The van der Waals surface area contributed by atoms with Gasteiger partial charge in [0.2, 0.25) is 0 Å². The molecule has 0 spiro atoms. The largest absolute Gasteiger partial charge is 0.497 e. The summed E-state index contributed by atoms with van der Waals surface area (Å²) in [6.07, 6.45) is 3.64. The van der Waals surface area contributed by atoms with Gasteiger partial charge in [0, 0.05) is 37.0 Å². The molecule has 2 aromatic carbocycles. The molecule has 27 heavy (non-hydrogen) atoms. The van der Waals surface area contributed by atoms with E-state index in [9.17, 15) is 4.79 Å². The van der Waals surface area contributed by atoms with Crippen LogP contribution >= 0.6 is 0 Å². The van der Waals surface area contributed by atoms with Gasteiger partial charge in [0.15, 0.2) is 0 Å². The Kier molecular flexibility index (Phi) is 4.29. The number of carbonyl (C=O) groups excluding carboxylic acids is 1. The van der Waals surface area contributed by atoms with Crippen LogP contribution < -0.4 is 4.74 Å². The number of hydrogen-bond donors (Lipinski definition) is 0. The van der Waals surface area contributed by atoms with Gasteiger partial charge in [0.1, 0.15) is 16.8 Å². The number of carbonyl (C=O) groups is 1. The van der Waals surface area contributed by atoms with E-state index in [1.807, 2.05) is 30.5 Å². The van der Waals surface area contributed by atoms with Gasteiger partial charge in [0.25, 0.3) is 5.91 Å². The van der Waals surface area contributed by atoms with Gasteiger partial charge in [-0.3, -0.25) is 4.79 Å². The van der Waals surface area contributed by atoms with E-state index in [-0.39, 0.29) is 5.91 Å². The lowest BCUT2D eigenvalue weighted by molar-refractivity contribution is 0.0785. The summed E-state index contributed by atoms with van der Waals surface area (Å²) >= 11 is 0. The van der Waals surface area contributed by atoms with E-state index in [1.165, 1.54) is 0 Å². The van der Waals surface area contributed by atoms with E-state index in [4.69, 9.17) is 4.74 Å². The maximum absolute atomic E-state index is 12.7. The third-order valence-corrected chi connectivity index (χ3v) is 4.22. The Morgan fingerprint density at radius 2 is 2.04 bits per heavy atom. The van der Waals surface area contributed by atoms with Gasteiger partial charge in [-0.05, 0) is 40.6 Å². The fourth-order valence-electron chi connectivity index (χ4n) is 2.82. The second-order valence-electron chi connectivity index (χ2n) is 6.12. The van der Waals surface area contributed by atoms with Crippen molar-refractivity contribution in [3.05, 3.63) is 66.0 Å². The van der Waals surface area contributed by atoms with Crippen LogP contribution in [0, 0.1) is 0 Å². The maximum atomic E-state index is 12.7. The molecule has 0 aliphatic rings. The molecule has 2 aromatic heterocycles. The SMILES string of the molecule is COc1cccc(-n2cc(CN(C)C(=O)c3ccc4nonc4c3)cn2)c1. The van der Waals surface area contributed by atoms with Crippen LogP contribution in [0.3, 0.4) is 0 Å². The van der Waals surface area contributed by atoms with Crippen molar-refractivity contribution in [2.24, 2.45) is 0 Å². The average molecular weight is 363 g/mol. The molecule has 0 aliphatic carbocycles. The van der Waals surface area contributed by atoms with Crippen LogP contribution in [0.15, 0.2) is 59.5 Å². The Hall–Kier alpha value is -3.68. The van der Waals surface area contributed by atoms with Crippen LogP contribution in [0.25, 0.3) is 16.7 Å². The number of methoxy groups -OCH3 is 1. The fraction of sp³-hybridized carbons (Fsp3) is 0.158. The summed E-state index contributed by atoms with van der Waals surface area (Å²) in [7, 11) is 3.37. The lowest BCUT2D eigenvalue weighted by atomic mass is 10.1. The second-order valence-corrected chi connectivity index (χ2v) is 6.12. The average Bonchev–Trinajstić information content (AvgIpc) is 3.36. The number of fused-ring (bicyclic) bond motifs is 1. The maximum Gasteiger partial charge on any atom is 0.253 e. The molecule has 4 rings (SSSR count). The number of benzene rings is 2. The standard InChI is InChI=1S/C19H17N5O3/c1-23(19(25)14-6-7-17-18(8-14)22-27-21-17)11-13-10-20-24(12-13)15-4-3-5-16(9-15)26-2/h3-10,12H,11H2,1-2H3. The summed E-state index contributed by atoms with van der Waals surface area (Å²) in [5, 5.41) is 11.9. The van der Waals surface area contributed by atoms with Crippen LogP contribution in [0.4, 0.5) is 0 Å². The van der Waals surface area contributed by atoms with Crippen molar-refractivity contribution in [3.63, 3.8) is 0 Å². The highest BCUT2D eigenvalue weighted by atomic mass is 16.6. The molecule has 8 nitrogen and oxygen atoms in total. The van der Waals surface area contributed by atoms with Crippen LogP contribution in [-0.4, -0.2) is 45.1 Å². The molecule has 0 unspecified atom stereocenters. The third-order valence-electron chi connectivity index (χ3n) is 4.22. The fourth-order valence-corrected chi connectivity index (χ4v) is 2.82. The number of nitrogens with zero attached hydrogens (tertiary/aromatic N) is 5. The highest BCUT2D eigenvalue weighted by molar-refractivity contribution is 5.97. The Morgan fingerprint density at radius 1 is 1.19 bits per heavy atom. The van der Waals surface area contributed by atoms with Crippen molar-refractivity contribution in [2.75, 3.05) is 14.2 Å². The first kappa shape index (κ1) is 16.8. The van der Waals surface area contributed by atoms with Crippen molar-refractivity contribution in [1.29, 1.82) is 0 Å². The summed E-state index contributed by atoms with van der Waals surface area (Å²) in [5.74, 6) is 0.642. The molecule has 8 heteroatoms. The molecule has 0 N–H and O–H groups in total. The quantitative estimate of drug-likeness (QED) is 0.542. The number of ether oxygens (including phenoxy) is 1. The summed E-state index contributed by atoms with van der Waals surface area (Å²) in [6.45, 7) is 0.428. The molecule has 0 bridgehead atoms.